The molecule has 1 aliphatic rings. The van der Waals surface area contributed by atoms with Crippen LogP contribution in [0.25, 0.3) is 0 Å². The maximum atomic E-state index is 12.3. The molecule has 7 nitrogen and oxygen atoms in total. The Kier molecular flexibility index (Phi) is 4.50. The Labute approximate surface area is 123 Å². The van der Waals surface area contributed by atoms with E-state index in [4.69, 9.17) is 0 Å². The number of hydrogen-bond acceptors (Lipinski definition) is 6. The highest BCUT2D eigenvalue weighted by Crippen LogP contribution is 2.22. The van der Waals surface area contributed by atoms with Gasteiger partial charge in [-0.25, -0.2) is 17.9 Å². The molecule has 1 unspecified atom stereocenters. The lowest BCUT2D eigenvalue weighted by molar-refractivity contribution is 0.0597. The molecule has 21 heavy (non-hydrogen) atoms. The first-order valence-electron chi connectivity index (χ1n) is 6.45. The number of aromatic hydroxyl groups is 1. The standard InChI is InChI=1S/C13H18N2O5S/c1-15-6-5-9(8-15)14-21(18,19)10-3-4-12(16)11(7-10)13(17)20-2/h3-4,7,9,14,16H,5-6,8H2,1-2H3. The lowest BCUT2D eigenvalue weighted by atomic mass is 10.2. The van der Waals surface area contributed by atoms with Crippen molar-refractivity contribution in [3.05, 3.63) is 23.8 Å². The molecule has 1 saturated heterocycles. The third-order valence-electron chi connectivity index (χ3n) is 3.40. The van der Waals surface area contributed by atoms with Gasteiger partial charge in [-0.1, -0.05) is 0 Å². The number of ether oxygens (including phenoxy) is 1. The van der Waals surface area contributed by atoms with E-state index in [0.29, 0.717) is 6.54 Å². The highest BCUT2D eigenvalue weighted by Gasteiger charge is 2.26. The Hall–Kier alpha value is -1.64. The second kappa shape index (κ2) is 6.00. The van der Waals surface area contributed by atoms with Crippen LogP contribution in [0, 0.1) is 0 Å². The Bertz CT molecular complexity index is 644. The number of sulfonamides is 1. The molecule has 0 aliphatic carbocycles. The molecular weight excluding hydrogens is 296 g/mol. The van der Waals surface area contributed by atoms with Crippen LogP contribution in [0.2, 0.25) is 0 Å². The van der Waals surface area contributed by atoms with Crippen molar-refractivity contribution in [2.75, 3.05) is 27.2 Å². The van der Waals surface area contributed by atoms with E-state index in [1.807, 2.05) is 11.9 Å². The molecule has 1 heterocycles. The highest BCUT2D eigenvalue weighted by molar-refractivity contribution is 7.89. The molecule has 8 heteroatoms. The number of rotatable bonds is 4. The van der Waals surface area contributed by atoms with Crippen LogP contribution in [0.5, 0.6) is 5.75 Å². The van der Waals surface area contributed by atoms with Crippen molar-refractivity contribution in [1.82, 2.24) is 9.62 Å². The van der Waals surface area contributed by atoms with Crippen molar-refractivity contribution in [3.63, 3.8) is 0 Å². The highest BCUT2D eigenvalue weighted by atomic mass is 32.2. The van der Waals surface area contributed by atoms with E-state index in [-0.39, 0.29) is 22.3 Å². The first-order valence-corrected chi connectivity index (χ1v) is 7.94. The smallest absolute Gasteiger partial charge is 0.341 e. The van der Waals surface area contributed by atoms with Crippen LogP contribution in [0.3, 0.4) is 0 Å². The number of nitrogens with zero attached hydrogens (tertiary/aromatic N) is 1. The maximum Gasteiger partial charge on any atom is 0.341 e. The number of likely N-dealkylation sites (N-methyl/N-ethyl adjacent to an activating group) is 1. The fraction of sp³-hybridized carbons (Fsp3) is 0.462. The zero-order valence-corrected chi connectivity index (χ0v) is 12.7. The van der Waals surface area contributed by atoms with E-state index in [1.54, 1.807) is 0 Å². The summed E-state index contributed by atoms with van der Waals surface area (Å²) in [6.45, 7) is 1.47. The number of carbonyl (C=O) groups is 1. The van der Waals surface area contributed by atoms with E-state index < -0.39 is 16.0 Å². The Morgan fingerprint density at radius 2 is 2.19 bits per heavy atom. The predicted molar refractivity (Wildman–Crippen MR) is 75.7 cm³/mol. The molecule has 0 amide bonds. The van der Waals surface area contributed by atoms with Crippen LogP contribution >= 0.6 is 0 Å². The fourth-order valence-electron chi connectivity index (χ4n) is 2.27. The Morgan fingerprint density at radius 1 is 1.48 bits per heavy atom. The monoisotopic (exact) mass is 314 g/mol. The molecule has 2 N–H and O–H groups in total. The van der Waals surface area contributed by atoms with Crippen molar-refractivity contribution in [2.45, 2.75) is 17.4 Å². The maximum absolute atomic E-state index is 12.3. The molecule has 0 saturated carbocycles. The number of methoxy groups -OCH3 is 1. The second-order valence-electron chi connectivity index (χ2n) is 5.04. The topological polar surface area (TPSA) is 95.9 Å². The number of nitrogens with one attached hydrogen (secondary N) is 1. The van der Waals surface area contributed by atoms with Gasteiger partial charge < -0.3 is 14.7 Å². The van der Waals surface area contributed by atoms with Crippen molar-refractivity contribution in [3.8, 4) is 5.75 Å². The molecule has 0 radical (unpaired) electrons. The quantitative estimate of drug-likeness (QED) is 0.769. The molecule has 1 fully saturated rings. The summed E-state index contributed by atoms with van der Waals surface area (Å²) in [7, 11) is -0.661. The van der Waals surface area contributed by atoms with Gasteiger partial charge in [0.25, 0.3) is 0 Å². The van der Waals surface area contributed by atoms with Crippen molar-refractivity contribution in [1.29, 1.82) is 0 Å². The van der Waals surface area contributed by atoms with Gasteiger partial charge >= 0.3 is 5.97 Å². The normalized spacial score (nSPS) is 19.6. The molecule has 1 aromatic carbocycles. The summed E-state index contributed by atoms with van der Waals surface area (Å²) in [4.78, 5) is 13.5. The van der Waals surface area contributed by atoms with Crippen molar-refractivity contribution >= 4 is 16.0 Å². The van der Waals surface area contributed by atoms with Crippen LogP contribution in [-0.2, 0) is 14.8 Å². The van der Waals surface area contributed by atoms with Gasteiger partial charge in [0, 0.05) is 12.6 Å². The average Bonchev–Trinajstić information content (AvgIpc) is 2.82. The molecule has 2 rings (SSSR count). The third kappa shape index (κ3) is 3.52. The van der Waals surface area contributed by atoms with Crippen LogP contribution < -0.4 is 4.72 Å². The summed E-state index contributed by atoms with van der Waals surface area (Å²) in [5.41, 5.74) is -0.177. The number of phenols is 1. The van der Waals surface area contributed by atoms with Crippen molar-refractivity contribution in [2.24, 2.45) is 0 Å². The van der Waals surface area contributed by atoms with Crippen LogP contribution in [0.4, 0.5) is 0 Å². The van der Waals surface area contributed by atoms with E-state index >= 15 is 0 Å². The number of hydrogen-bond donors (Lipinski definition) is 2. The summed E-state index contributed by atoms with van der Waals surface area (Å²) in [5, 5.41) is 9.60. The predicted octanol–water partition coefficient (Wildman–Crippen LogP) is 0.161. The minimum atomic E-state index is -3.74. The van der Waals surface area contributed by atoms with Gasteiger partial charge in [0.2, 0.25) is 10.0 Å². The van der Waals surface area contributed by atoms with E-state index in [0.717, 1.165) is 26.1 Å². The number of likely N-dealkylation sites (tertiary alicyclic amines) is 1. The molecule has 1 atom stereocenters. The summed E-state index contributed by atoms with van der Waals surface area (Å²) in [5.74, 6) is -1.11. The Morgan fingerprint density at radius 3 is 2.76 bits per heavy atom. The van der Waals surface area contributed by atoms with Gasteiger partial charge in [-0.15, -0.1) is 0 Å². The molecular formula is C13H18N2O5S. The van der Waals surface area contributed by atoms with Crippen molar-refractivity contribution < 1.29 is 23.1 Å². The number of benzene rings is 1. The first-order chi connectivity index (χ1) is 9.83. The summed E-state index contributed by atoms with van der Waals surface area (Å²) in [6.07, 6.45) is 0.734. The third-order valence-corrected chi connectivity index (χ3v) is 4.91. The van der Waals surface area contributed by atoms with Gasteiger partial charge in [-0.2, -0.15) is 0 Å². The van der Waals surface area contributed by atoms with Crippen LogP contribution in [0.1, 0.15) is 16.8 Å². The number of esters is 1. The van der Waals surface area contributed by atoms with E-state index in [1.165, 1.54) is 12.1 Å². The SMILES string of the molecule is COC(=O)c1cc(S(=O)(=O)NC2CCN(C)C2)ccc1O. The molecule has 1 aromatic rings. The van der Waals surface area contributed by atoms with Gasteiger partial charge in [0.05, 0.1) is 12.0 Å². The zero-order chi connectivity index (χ0) is 15.6. The molecule has 0 bridgehead atoms. The number of carbonyl (C=O) groups excluding carboxylic acids is 1. The van der Waals surface area contributed by atoms with E-state index in [2.05, 4.69) is 9.46 Å². The summed E-state index contributed by atoms with van der Waals surface area (Å²) < 4.78 is 31.7. The van der Waals surface area contributed by atoms with Gasteiger partial charge in [0.1, 0.15) is 11.3 Å². The van der Waals surface area contributed by atoms with Crippen LogP contribution in [0.15, 0.2) is 23.1 Å². The minimum absolute atomic E-state index is 0.0738. The second-order valence-corrected chi connectivity index (χ2v) is 6.75. The average molecular weight is 314 g/mol. The van der Waals surface area contributed by atoms with Crippen LogP contribution in [-0.4, -0.2) is 57.7 Å². The lowest BCUT2D eigenvalue weighted by Crippen LogP contribution is -2.36. The van der Waals surface area contributed by atoms with Gasteiger partial charge in [-0.05, 0) is 38.2 Å². The fourth-order valence-corrected chi connectivity index (χ4v) is 3.56. The molecule has 116 valence electrons. The summed E-state index contributed by atoms with van der Waals surface area (Å²) in [6, 6.07) is 3.38. The first kappa shape index (κ1) is 15.7. The summed E-state index contributed by atoms with van der Waals surface area (Å²) >= 11 is 0. The van der Waals surface area contributed by atoms with Gasteiger partial charge in [-0.3, -0.25) is 0 Å². The van der Waals surface area contributed by atoms with E-state index in [9.17, 15) is 18.3 Å². The zero-order valence-electron chi connectivity index (χ0n) is 11.9. The minimum Gasteiger partial charge on any atom is -0.507 e. The lowest BCUT2D eigenvalue weighted by Gasteiger charge is -2.14. The number of phenolic OH excluding ortho intramolecular Hbond substituents is 1. The molecule has 1 aliphatic heterocycles. The Balaban J connectivity index is 2.26. The van der Waals surface area contributed by atoms with Gasteiger partial charge in [0.15, 0.2) is 0 Å². The molecule has 0 aromatic heterocycles. The largest absolute Gasteiger partial charge is 0.507 e. The molecule has 0 spiro atoms.